The zero-order valence-electron chi connectivity index (χ0n) is 9.29. The van der Waals surface area contributed by atoms with Gasteiger partial charge in [0, 0.05) is 5.39 Å². The molecule has 0 radical (unpaired) electrons. The highest BCUT2D eigenvalue weighted by Gasteiger charge is 2.10. The fourth-order valence-electron chi connectivity index (χ4n) is 1.59. The molecule has 1 aromatic carbocycles. The molecule has 2 aromatic rings. The van der Waals surface area contributed by atoms with Crippen LogP contribution >= 0.6 is 0 Å². The first-order valence-corrected chi connectivity index (χ1v) is 5.13. The number of aromatic nitrogens is 2. The summed E-state index contributed by atoms with van der Waals surface area (Å²) in [5.74, 6) is -0.123. The largest absolute Gasteiger partial charge is 0.492 e. The van der Waals surface area contributed by atoms with Crippen LogP contribution in [0.5, 0.6) is 0 Å². The summed E-state index contributed by atoms with van der Waals surface area (Å²) in [5, 5.41) is 6.92. The number of nitrogens with one attached hydrogen (secondary N) is 1. The van der Waals surface area contributed by atoms with Crippen molar-refractivity contribution < 1.29 is 9.13 Å². The van der Waals surface area contributed by atoms with Crippen molar-refractivity contribution >= 4 is 16.5 Å². The predicted molar refractivity (Wildman–Crippen MR) is 63.0 cm³/mol. The highest BCUT2D eigenvalue weighted by atomic mass is 19.1. The van der Waals surface area contributed by atoms with E-state index in [-0.39, 0.29) is 5.39 Å². The first kappa shape index (κ1) is 11.3. The normalized spacial score (nSPS) is 10.5. The number of nitrogens with zero attached hydrogens (tertiary/aromatic N) is 1. The molecule has 0 aliphatic heterocycles. The van der Waals surface area contributed by atoms with Crippen molar-refractivity contribution in [2.45, 2.75) is 6.92 Å². The van der Waals surface area contributed by atoms with Crippen molar-refractivity contribution in [3.63, 3.8) is 0 Å². The molecule has 1 aromatic heterocycles. The molecule has 0 aliphatic carbocycles. The van der Waals surface area contributed by atoms with E-state index in [1.807, 2.05) is 6.92 Å². The van der Waals surface area contributed by atoms with Crippen LogP contribution in [0.25, 0.3) is 16.5 Å². The van der Waals surface area contributed by atoms with E-state index in [0.717, 1.165) is 0 Å². The Bertz CT molecular complexity index is 634. The Morgan fingerprint density at radius 1 is 1.53 bits per heavy atom. The van der Waals surface area contributed by atoms with E-state index in [0.29, 0.717) is 23.4 Å². The molecule has 0 atom stereocenters. The third-order valence-corrected chi connectivity index (χ3v) is 2.33. The maximum Gasteiger partial charge on any atom is 0.272 e. The molecule has 0 saturated heterocycles. The minimum absolute atomic E-state index is 0.232. The fraction of sp³-hybridized carbons (Fsp3) is 0.167. The van der Waals surface area contributed by atoms with E-state index in [4.69, 9.17) is 4.74 Å². The van der Waals surface area contributed by atoms with Gasteiger partial charge in [0.05, 0.1) is 12.0 Å². The van der Waals surface area contributed by atoms with Crippen LogP contribution in [0.1, 0.15) is 12.6 Å². The molecule has 0 saturated carbocycles. The fourth-order valence-corrected chi connectivity index (χ4v) is 1.59. The molecule has 0 spiro atoms. The van der Waals surface area contributed by atoms with Gasteiger partial charge in [0.25, 0.3) is 5.56 Å². The van der Waals surface area contributed by atoms with Crippen molar-refractivity contribution in [1.29, 1.82) is 0 Å². The molecular weight excluding hydrogens is 223 g/mol. The topological polar surface area (TPSA) is 55.0 Å². The second-order valence-corrected chi connectivity index (χ2v) is 3.45. The summed E-state index contributed by atoms with van der Waals surface area (Å²) in [4.78, 5) is 11.5. The molecule has 0 fully saturated rings. The summed E-state index contributed by atoms with van der Waals surface area (Å²) in [6.45, 7) is 5.98. The third-order valence-electron chi connectivity index (χ3n) is 2.33. The number of hydrogen-bond donors (Lipinski definition) is 1. The average molecular weight is 234 g/mol. The Kier molecular flexibility index (Phi) is 2.91. The molecule has 4 nitrogen and oxygen atoms in total. The maximum absolute atomic E-state index is 13.1. The van der Waals surface area contributed by atoms with E-state index < -0.39 is 11.4 Å². The summed E-state index contributed by atoms with van der Waals surface area (Å²) in [7, 11) is 0. The quantitative estimate of drug-likeness (QED) is 0.827. The van der Waals surface area contributed by atoms with Crippen LogP contribution in [0, 0.1) is 5.82 Å². The summed E-state index contributed by atoms with van der Waals surface area (Å²) < 4.78 is 18.3. The lowest BCUT2D eigenvalue weighted by molar-refractivity contribution is 0.298. The molecule has 0 unspecified atom stereocenters. The van der Waals surface area contributed by atoms with Crippen LogP contribution in [-0.2, 0) is 4.74 Å². The van der Waals surface area contributed by atoms with E-state index in [1.54, 1.807) is 0 Å². The predicted octanol–water partition coefficient (Wildman–Crippen LogP) is 2.07. The number of fused-ring (bicyclic) bond motifs is 1. The van der Waals surface area contributed by atoms with E-state index in [1.165, 1.54) is 18.2 Å². The van der Waals surface area contributed by atoms with Crippen LogP contribution in [0.4, 0.5) is 4.39 Å². The van der Waals surface area contributed by atoms with Gasteiger partial charge in [-0.2, -0.15) is 5.10 Å². The average Bonchev–Trinajstić information content (AvgIpc) is 2.30. The monoisotopic (exact) mass is 234 g/mol. The molecule has 0 aliphatic rings. The van der Waals surface area contributed by atoms with Crippen LogP contribution in [0.2, 0.25) is 0 Å². The maximum atomic E-state index is 13.1. The lowest BCUT2D eigenvalue weighted by Crippen LogP contribution is -2.11. The van der Waals surface area contributed by atoms with Gasteiger partial charge in [-0.25, -0.2) is 9.49 Å². The van der Waals surface area contributed by atoms with Gasteiger partial charge in [-0.1, -0.05) is 6.58 Å². The third kappa shape index (κ3) is 2.04. The Morgan fingerprint density at radius 2 is 2.29 bits per heavy atom. The molecule has 2 rings (SSSR count). The van der Waals surface area contributed by atoms with Gasteiger partial charge in [0.1, 0.15) is 17.3 Å². The Hall–Kier alpha value is -2.17. The SMILES string of the molecule is C=C(OCC)c1n[nH]c(=O)c2cc(F)ccc12. The number of benzene rings is 1. The van der Waals surface area contributed by atoms with Crippen LogP contribution in [0.3, 0.4) is 0 Å². The molecule has 1 N–H and O–H groups in total. The van der Waals surface area contributed by atoms with Crippen molar-refractivity contribution in [1.82, 2.24) is 10.2 Å². The summed E-state index contributed by atoms with van der Waals surface area (Å²) in [5.41, 5.74) is -0.0194. The Morgan fingerprint density at radius 3 is 3.00 bits per heavy atom. The minimum atomic E-state index is -0.470. The number of aromatic amines is 1. The molecule has 0 bridgehead atoms. The van der Waals surface area contributed by atoms with Crippen molar-refractivity contribution in [3.8, 4) is 0 Å². The van der Waals surface area contributed by atoms with Gasteiger partial charge in [0.2, 0.25) is 0 Å². The van der Waals surface area contributed by atoms with E-state index >= 15 is 0 Å². The van der Waals surface area contributed by atoms with Gasteiger partial charge < -0.3 is 4.74 Å². The lowest BCUT2D eigenvalue weighted by atomic mass is 10.1. The zero-order chi connectivity index (χ0) is 12.4. The first-order valence-electron chi connectivity index (χ1n) is 5.13. The summed E-state index contributed by atoms with van der Waals surface area (Å²) in [6, 6.07) is 3.93. The van der Waals surface area contributed by atoms with Gasteiger partial charge in [-0.3, -0.25) is 4.79 Å². The Labute approximate surface area is 96.7 Å². The molecule has 88 valence electrons. The van der Waals surface area contributed by atoms with Crippen LogP contribution in [0.15, 0.2) is 29.6 Å². The molecule has 0 amide bonds. The molecule has 1 heterocycles. The molecule has 17 heavy (non-hydrogen) atoms. The summed E-state index contributed by atoms with van der Waals surface area (Å²) >= 11 is 0. The van der Waals surface area contributed by atoms with E-state index in [2.05, 4.69) is 16.8 Å². The number of rotatable bonds is 3. The van der Waals surface area contributed by atoms with Gasteiger partial charge in [-0.15, -0.1) is 0 Å². The van der Waals surface area contributed by atoms with Crippen molar-refractivity contribution in [3.05, 3.63) is 46.6 Å². The lowest BCUT2D eigenvalue weighted by Gasteiger charge is -2.08. The highest BCUT2D eigenvalue weighted by molar-refractivity contribution is 5.89. The first-order chi connectivity index (χ1) is 8.13. The minimum Gasteiger partial charge on any atom is -0.492 e. The van der Waals surface area contributed by atoms with Crippen molar-refractivity contribution in [2.24, 2.45) is 0 Å². The summed E-state index contributed by atoms with van der Waals surface area (Å²) in [6.07, 6.45) is 0. The highest BCUT2D eigenvalue weighted by Crippen LogP contribution is 2.20. The number of hydrogen-bond acceptors (Lipinski definition) is 3. The standard InChI is InChI=1S/C12H11FN2O2/c1-3-17-7(2)11-9-5-4-8(13)6-10(9)12(16)15-14-11/h4-6H,2-3H2,1H3,(H,15,16). The van der Waals surface area contributed by atoms with Gasteiger partial charge in [0.15, 0.2) is 0 Å². The number of H-pyrrole nitrogens is 1. The number of halogens is 1. The van der Waals surface area contributed by atoms with Gasteiger partial charge >= 0.3 is 0 Å². The zero-order valence-corrected chi connectivity index (χ0v) is 9.29. The second kappa shape index (κ2) is 4.37. The number of ether oxygens (including phenoxy) is 1. The van der Waals surface area contributed by atoms with Crippen LogP contribution in [-0.4, -0.2) is 16.8 Å². The second-order valence-electron chi connectivity index (χ2n) is 3.45. The van der Waals surface area contributed by atoms with Crippen molar-refractivity contribution in [2.75, 3.05) is 6.61 Å². The van der Waals surface area contributed by atoms with E-state index in [9.17, 15) is 9.18 Å². The molecular formula is C12H11FN2O2. The Balaban J connectivity index is 2.70. The van der Waals surface area contributed by atoms with Gasteiger partial charge in [-0.05, 0) is 25.1 Å². The van der Waals surface area contributed by atoms with Crippen LogP contribution < -0.4 is 5.56 Å². The smallest absolute Gasteiger partial charge is 0.272 e. The molecule has 5 heteroatoms.